The van der Waals surface area contributed by atoms with Crippen molar-refractivity contribution < 1.29 is 0 Å². The van der Waals surface area contributed by atoms with Crippen molar-refractivity contribution in [2.24, 2.45) is 0 Å². The van der Waals surface area contributed by atoms with Crippen LogP contribution in [0.4, 0.5) is 5.82 Å². The lowest BCUT2D eigenvalue weighted by Gasteiger charge is -2.38. The second kappa shape index (κ2) is 7.93. The minimum atomic E-state index is 0.322. The van der Waals surface area contributed by atoms with Gasteiger partial charge in [-0.1, -0.05) is 30.3 Å². The van der Waals surface area contributed by atoms with Crippen LogP contribution in [-0.4, -0.2) is 45.6 Å². The third kappa shape index (κ3) is 3.67. The normalized spacial score (nSPS) is 16.8. The molecule has 0 aliphatic carbocycles. The Bertz CT molecular complexity index is 1100. The van der Waals surface area contributed by atoms with E-state index in [0.29, 0.717) is 11.9 Å². The number of pyridine rings is 2. The van der Waals surface area contributed by atoms with Gasteiger partial charge in [-0.2, -0.15) is 0 Å². The molecule has 144 valence electrons. The van der Waals surface area contributed by atoms with Gasteiger partial charge in [0.25, 0.3) is 0 Å². The Morgan fingerprint density at radius 2 is 1.76 bits per heavy atom. The fourth-order valence-corrected chi connectivity index (χ4v) is 3.92. The average molecular weight is 382 g/mol. The van der Waals surface area contributed by atoms with Gasteiger partial charge in [0, 0.05) is 55.2 Å². The second-order valence-electron chi connectivity index (χ2n) is 7.24. The maximum absolute atomic E-state index is 5.02. The van der Waals surface area contributed by atoms with E-state index in [9.17, 15) is 0 Å². The average Bonchev–Trinajstić information content (AvgIpc) is 2.80. The van der Waals surface area contributed by atoms with E-state index in [0.717, 1.165) is 48.3 Å². The summed E-state index contributed by atoms with van der Waals surface area (Å²) in [4.78, 5) is 20.6. The molecule has 0 saturated carbocycles. The Morgan fingerprint density at radius 3 is 2.62 bits per heavy atom. The van der Waals surface area contributed by atoms with Gasteiger partial charge in [-0.15, -0.1) is 0 Å². The van der Waals surface area contributed by atoms with Gasteiger partial charge in [-0.25, -0.2) is 9.97 Å². The van der Waals surface area contributed by atoms with Crippen LogP contribution in [-0.2, 0) is 6.42 Å². The van der Waals surface area contributed by atoms with Gasteiger partial charge < -0.3 is 10.2 Å². The minimum Gasteiger partial charge on any atom is -0.350 e. The Kier molecular flexibility index (Phi) is 4.84. The molecule has 0 bridgehead atoms. The van der Waals surface area contributed by atoms with Gasteiger partial charge in [0.15, 0.2) is 5.82 Å². The molecule has 6 heteroatoms. The van der Waals surface area contributed by atoms with Crippen molar-refractivity contribution in [2.75, 3.05) is 24.5 Å². The molecule has 1 aliphatic rings. The molecule has 0 amide bonds. The number of benzene rings is 1. The third-order valence-corrected chi connectivity index (χ3v) is 5.35. The van der Waals surface area contributed by atoms with Crippen LogP contribution < -0.4 is 10.2 Å². The Labute approximate surface area is 169 Å². The topological polar surface area (TPSA) is 66.8 Å². The molecule has 1 aromatic carbocycles. The Balaban J connectivity index is 1.60. The SMILES string of the molecule is c1ccc(CC2CNCCN2c2nc(-c3ccncc3)nc3cnccc23)cc1. The first-order valence-electron chi connectivity index (χ1n) is 9.92. The lowest BCUT2D eigenvalue weighted by atomic mass is 10.0. The highest BCUT2D eigenvalue weighted by molar-refractivity contribution is 5.90. The molecule has 1 aliphatic heterocycles. The van der Waals surface area contributed by atoms with Crippen LogP contribution in [0.5, 0.6) is 0 Å². The van der Waals surface area contributed by atoms with E-state index in [-0.39, 0.29) is 0 Å². The number of rotatable bonds is 4. The van der Waals surface area contributed by atoms with E-state index in [1.165, 1.54) is 5.56 Å². The van der Waals surface area contributed by atoms with Gasteiger partial charge in [0.05, 0.1) is 11.7 Å². The van der Waals surface area contributed by atoms with Gasteiger partial charge >= 0.3 is 0 Å². The Hall–Kier alpha value is -3.38. The van der Waals surface area contributed by atoms with Crippen molar-refractivity contribution >= 4 is 16.7 Å². The standard InChI is InChI=1S/C23H22N6/c1-2-4-17(5-3-1)14-19-15-26-12-13-29(19)23-20-8-11-25-16-21(20)27-22(28-23)18-6-9-24-10-7-18/h1-11,16,19,26H,12-15H2. The highest BCUT2D eigenvalue weighted by Crippen LogP contribution is 2.29. The van der Waals surface area contributed by atoms with Crippen LogP contribution in [0, 0.1) is 0 Å². The van der Waals surface area contributed by atoms with E-state index in [2.05, 4.69) is 50.5 Å². The quantitative estimate of drug-likeness (QED) is 0.585. The molecule has 1 saturated heterocycles. The molecule has 6 nitrogen and oxygen atoms in total. The number of fused-ring (bicyclic) bond motifs is 1. The van der Waals surface area contributed by atoms with Crippen LogP contribution in [0.2, 0.25) is 0 Å². The molecule has 5 rings (SSSR count). The molecule has 4 heterocycles. The molecular weight excluding hydrogens is 360 g/mol. The van der Waals surface area contributed by atoms with Gasteiger partial charge in [-0.05, 0) is 30.2 Å². The lowest BCUT2D eigenvalue weighted by Crippen LogP contribution is -2.52. The fourth-order valence-electron chi connectivity index (χ4n) is 3.92. The Morgan fingerprint density at radius 1 is 0.931 bits per heavy atom. The van der Waals surface area contributed by atoms with Gasteiger partial charge in [0.2, 0.25) is 0 Å². The summed E-state index contributed by atoms with van der Waals surface area (Å²) in [5.74, 6) is 1.69. The number of anilines is 1. The van der Waals surface area contributed by atoms with E-state index in [1.54, 1.807) is 12.4 Å². The minimum absolute atomic E-state index is 0.322. The smallest absolute Gasteiger partial charge is 0.162 e. The van der Waals surface area contributed by atoms with E-state index in [4.69, 9.17) is 9.97 Å². The predicted octanol–water partition coefficient (Wildman–Crippen LogP) is 3.11. The van der Waals surface area contributed by atoms with E-state index in [1.807, 2.05) is 30.6 Å². The van der Waals surface area contributed by atoms with Gasteiger partial charge in [-0.3, -0.25) is 9.97 Å². The van der Waals surface area contributed by atoms with E-state index < -0.39 is 0 Å². The summed E-state index contributed by atoms with van der Waals surface area (Å²) in [6.45, 7) is 2.77. The van der Waals surface area contributed by atoms with Crippen LogP contribution in [0.3, 0.4) is 0 Å². The molecule has 1 unspecified atom stereocenters. The van der Waals surface area contributed by atoms with Crippen LogP contribution in [0.1, 0.15) is 5.56 Å². The van der Waals surface area contributed by atoms with E-state index >= 15 is 0 Å². The van der Waals surface area contributed by atoms with Crippen LogP contribution in [0.25, 0.3) is 22.3 Å². The number of nitrogens with zero attached hydrogens (tertiary/aromatic N) is 5. The molecule has 29 heavy (non-hydrogen) atoms. The number of nitrogens with one attached hydrogen (secondary N) is 1. The predicted molar refractivity (Wildman–Crippen MR) is 115 cm³/mol. The maximum atomic E-state index is 5.02. The summed E-state index contributed by atoms with van der Waals surface area (Å²) >= 11 is 0. The van der Waals surface area contributed by atoms with Gasteiger partial charge in [0.1, 0.15) is 5.82 Å². The number of hydrogen-bond donors (Lipinski definition) is 1. The molecular formula is C23H22N6. The van der Waals surface area contributed by atoms with Crippen molar-refractivity contribution in [2.45, 2.75) is 12.5 Å². The number of aromatic nitrogens is 4. The molecule has 1 N–H and O–H groups in total. The second-order valence-corrected chi connectivity index (χ2v) is 7.24. The summed E-state index contributed by atoms with van der Waals surface area (Å²) in [5.41, 5.74) is 3.16. The van der Waals surface area contributed by atoms with Crippen molar-refractivity contribution in [1.29, 1.82) is 0 Å². The summed E-state index contributed by atoms with van der Waals surface area (Å²) in [6, 6.07) is 16.9. The summed E-state index contributed by atoms with van der Waals surface area (Å²) in [5, 5.41) is 4.58. The van der Waals surface area contributed by atoms with Crippen molar-refractivity contribution in [3.05, 3.63) is 78.9 Å². The van der Waals surface area contributed by atoms with Crippen LogP contribution >= 0.6 is 0 Å². The third-order valence-electron chi connectivity index (χ3n) is 5.35. The number of piperazine rings is 1. The van der Waals surface area contributed by atoms with Crippen LogP contribution in [0.15, 0.2) is 73.3 Å². The molecule has 4 aromatic rings. The summed E-state index contributed by atoms with van der Waals surface area (Å²) < 4.78 is 0. The van der Waals surface area contributed by atoms with Crippen molar-refractivity contribution in [1.82, 2.24) is 25.3 Å². The first kappa shape index (κ1) is 17.7. The molecule has 1 atom stereocenters. The maximum Gasteiger partial charge on any atom is 0.162 e. The zero-order valence-electron chi connectivity index (χ0n) is 16.1. The molecule has 0 radical (unpaired) electrons. The fraction of sp³-hybridized carbons (Fsp3) is 0.217. The zero-order chi connectivity index (χ0) is 19.5. The molecule has 1 fully saturated rings. The highest BCUT2D eigenvalue weighted by atomic mass is 15.3. The van der Waals surface area contributed by atoms with Crippen molar-refractivity contribution in [3.63, 3.8) is 0 Å². The summed E-state index contributed by atoms with van der Waals surface area (Å²) in [7, 11) is 0. The van der Waals surface area contributed by atoms with Crippen molar-refractivity contribution in [3.8, 4) is 11.4 Å². The molecule has 0 spiro atoms. The largest absolute Gasteiger partial charge is 0.350 e. The zero-order valence-corrected chi connectivity index (χ0v) is 16.1. The first-order valence-corrected chi connectivity index (χ1v) is 9.92. The summed E-state index contributed by atoms with van der Waals surface area (Å²) in [6.07, 6.45) is 8.15. The number of hydrogen-bond acceptors (Lipinski definition) is 6. The first-order chi connectivity index (χ1) is 14.4. The molecule has 3 aromatic heterocycles. The monoisotopic (exact) mass is 382 g/mol. The highest BCUT2D eigenvalue weighted by Gasteiger charge is 2.26. The lowest BCUT2D eigenvalue weighted by molar-refractivity contribution is 0.471.